The number of nitrogens with one attached hydrogen (secondary N) is 1. The molecule has 0 saturated heterocycles. The van der Waals surface area contributed by atoms with Gasteiger partial charge < -0.3 is 10.1 Å². The fourth-order valence-corrected chi connectivity index (χ4v) is 2.54. The van der Waals surface area contributed by atoms with E-state index >= 15 is 0 Å². The molecule has 2 rings (SSSR count). The molecule has 116 valence electrons. The van der Waals surface area contributed by atoms with Gasteiger partial charge in [0.25, 0.3) is 5.91 Å². The van der Waals surface area contributed by atoms with Crippen LogP contribution in [0.1, 0.15) is 23.6 Å². The summed E-state index contributed by atoms with van der Waals surface area (Å²) in [5.74, 6) is 0.439. The second kappa shape index (κ2) is 6.84. The number of halogens is 1. The van der Waals surface area contributed by atoms with Crippen molar-refractivity contribution in [3.05, 3.63) is 58.1 Å². The molecule has 3 nitrogen and oxygen atoms in total. The SMILES string of the molecule is Cc1ccc(O[C@H](C)C(=O)Nc2c(C)cc(C)cc2Cl)cc1. The maximum Gasteiger partial charge on any atom is 0.265 e. The third kappa shape index (κ3) is 4.01. The minimum Gasteiger partial charge on any atom is -0.481 e. The van der Waals surface area contributed by atoms with Crippen molar-refractivity contribution < 1.29 is 9.53 Å². The van der Waals surface area contributed by atoms with E-state index in [2.05, 4.69) is 5.32 Å². The van der Waals surface area contributed by atoms with Crippen molar-refractivity contribution in [2.24, 2.45) is 0 Å². The standard InChI is InChI=1S/C18H20ClNO2/c1-11-5-7-15(8-6-11)22-14(4)18(21)20-17-13(3)9-12(2)10-16(17)19/h5-10,14H,1-4H3,(H,20,21)/t14-/m1/s1. The van der Waals surface area contributed by atoms with Crippen LogP contribution in [0.4, 0.5) is 5.69 Å². The Morgan fingerprint density at radius 2 is 1.73 bits per heavy atom. The maximum absolute atomic E-state index is 12.3. The molecule has 0 bridgehead atoms. The summed E-state index contributed by atoms with van der Waals surface area (Å²) in [5, 5.41) is 3.38. The fourth-order valence-electron chi connectivity index (χ4n) is 2.17. The average molecular weight is 318 g/mol. The second-order valence-electron chi connectivity index (χ2n) is 5.50. The number of benzene rings is 2. The lowest BCUT2D eigenvalue weighted by Crippen LogP contribution is -2.30. The molecule has 0 aliphatic heterocycles. The Labute approximate surface area is 136 Å². The first kappa shape index (κ1) is 16.4. The molecule has 0 fully saturated rings. The van der Waals surface area contributed by atoms with Crippen LogP contribution in [0.15, 0.2) is 36.4 Å². The van der Waals surface area contributed by atoms with Gasteiger partial charge in [-0.05, 0) is 57.0 Å². The first-order chi connectivity index (χ1) is 10.4. The lowest BCUT2D eigenvalue weighted by atomic mass is 10.1. The second-order valence-corrected chi connectivity index (χ2v) is 5.91. The Kier molecular flexibility index (Phi) is 5.09. The molecule has 1 amide bonds. The van der Waals surface area contributed by atoms with Crippen molar-refractivity contribution in [2.75, 3.05) is 5.32 Å². The molecule has 1 N–H and O–H groups in total. The van der Waals surface area contributed by atoms with Gasteiger partial charge in [-0.2, -0.15) is 0 Å². The van der Waals surface area contributed by atoms with Crippen molar-refractivity contribution in [2.45, 2.75) is 33.8 Å². The van der Waals surface area contributed by atoms with Gasteiger partial charge in [-0.25, -0.2) is 0 Å². The highest BCUT2D eigenvalue weighted by Gasteiger charge is 2.17. The number of amides is 1. The van der Waals surface area contributed by atoms with Crippen molar-refractivity contribution in [1.29, 1.82) is 0 Å². The van der Waals surface area contributed by atoms with Gasteiger partial charge in [0.1, 0.15) is 5.75 Å². The molecule has 1 atom stereocenters. The molecule has 0 aliphatic carbocycles. The molecular formula is C18H20ClNO2. The minimum absolute atomic E-state index is 0.227. The lowest BCUT2D eigenvalue weighted by Gasteiger charge is -2.17. The number of anilines is 1. The zero-order chi connectivity index (χ0) is 16.3. The smallest absolute Gasteiger partial charge is 0.265 e. The van der Waals surface area contributed by atoms with Gasteiger partial charge in [-0.15, -0.1) is 0 Å². The van der Waals surface area contributed by atoms with Crippen LogP contribution in [-0.4, -0.2) is 12.0 Å². The van der Waals surface area contributed by atoms with Gasteiger partial charge in [-0.3, -0.25) is 4.79 Å². The van der Waals surface area contributed by atoms with Crippen LogP contribution < -0.4 is 10.1 Å². The minimum atomic E-state index is -0.612. The highest BCUT2D eigenvalue weighted by molar-refractivity contribution is 6.34. The summed E-state index contributed by atoms with van der Waals surface area (Å²) >= 11 is 6.21. The molecular weight excluding hydrogens is 298 g/mol. The van der Waals surface area contributed by atoms with Crippen molar-refractivity contribution >= 4 is 23.2 Å². The number of rotatable bonds is 4. The van der Waals surface area contributed by atoms with Gasteiger partial charge in [0.2, 0.25) is 0 Å². The molecule has 0 unspecified atom stereocenters. The van der Waals surface area contributed by atoms with Gasteiger partial charge >= 0.3 is 0 Å². The molecule has 2 aromatic rings. The van der Waals surface area contributed by atoms with Gasteiger partial charge in [-0.1, -0.05) is 35.4 Å². The van der Waals surface area contributed by atoms with Crippen molar-refractivity contribution in [3.63, 3.8) is 0 Å². The number of carbonyl (C=O) groups excluding carboxylic acids is 1. The molecule has 0 spiro atoms. The topological polar surface area (TPSA) is 38.3 Å². The zero-order valence-corrected chi connectivity index (χ0v) is 14.0. The summed E-state index contributed by atoms with van der Waals surface area (Å²) in [6, 6.07) is 11.4. The van der Waals surface area contributed by atoms with E-state index in [1.165, 1.54) is 0 Å². The third-order valence-electron chi connectivity index (χ3n) is 3.38. The van der Waals surface area contributed by atoms with E-state index in [9.17, 15) is 4.79 Å². The molecule has 0 radical (unpaired) electrons. The monoisotopic (exact) mass is 317 g/mol. The average Bonchev–Trinajstić information content (AvgIpc) is 2.45. The van der Waals surface area contributed by atoms with E-state index in [1.807, 2.05) is 57.2 Å². The molecule has 0 aromatic heterocycles. The summed E-state index contributed by atoms with van der Waals surface area (Å²) in [5.41, 5.74) is 3.77. The number of aryl methyl sites for hydroxylation is 3. The fraction of sp³-hybridized carbons (Fsp3) is 0.278. The Hall–Kier alpha value is -2.00. The molecule has 22 heavy (non-hydrogen) atoms. The molecule has 2 aromatic carbocycles. The van der Waals surface area contributed by atoms with Crippen LogP contribution in [0.2, 0.25) is 5.02 Å². The summed E-state index contributed by atoms with van der Waals surface area (Å²) in [6.07, 6.45) is -0.612. The van der Waals surface area contributed by atoms with Crippen LogP contribution in [0, 0.1) is 20.8 Å². The molecule has 0 saturated carbocycles. The third-order valence-corrected chi connectivity index (χ3v) is 3.68. The van der Waals surface area contributed by atoms with Crippen LogP contribution in [0.3, 0.4) is 0 Å². The summed E-state index contributed by atoms with van der Waals surface area (Å²) in [6.45, 7) is 7.60. The predicted octanol–water partition coefficient (Wildman–Crippen LogP) is 4.67. The van der Waals surface area contributed by atoms with E-state index < -0.39 is 6.10 Å². The summed E-state index contributed by atoms with van der Waals surface area (Å²) in [7, 11) is 0. The molecule has 0 heterocycles. The zero-order valence-electron chi connectivity index (χ0n) is 13.2. The predicted molar refractivity (Wildman–Crippen MR) is 90.8 cm³/mol. The van der Waals surface area contributed by atoms with E-state index in [-0.39, 0.29) is 5.91 Å². The summed E-state index contributed by atoms with van der Waals surface area (Å²) < 4.78 is 5.65. The highest BCUT2D eigenvalue weighted by atomic mass is 35.5. The van der Waals surface area contributed by atoms with E-state index in [4.69, 9.17) is 16.3 Å². The normalized spacial score (nSPS) is 11.9. The van der Waals surface area contributed by atoms with Crippen LogP contribution in [0.25, 0.3) is 0 Å². The first-order valence-electron chi connectivity index (χ1n) is 7.18. The van der Waals surface area contributed by atoms with Crippen molar-refractivity contribution in [3.8, 4) is 5.75 Å². The lowest BCUT2D eigenvalue weighted by molar-refractivity contribution is -0.122. The van der Waals surface area contributed by atoms with Gasteiger partial charge in [0, 0.05) is 0 Å². The Morgan fingerprint density at radius 1 is 1.09 bits per heavy atom. The molecule has 4 heteroatoms. The Balaban J connectivity index is 2.07. The quantitative estimate of drug-likeness (QED) is 0.889. The van der Waals surface area contributed by atoms with E-state index in [0.29, 0.717) is 16.5 Å². The van der Waals surface area contributed by atoms with E-state index in [0.717, 1.165) is 16.7 Å². The largest absolute Gasteiger partial charge is 0.481 e. The van der Waals surface area contributed by atoms with Crippen LogP contribution >= 0.6 is 11.6 Å². The first-order valence-corrected chi connectivity index (χ1v) is 7.55. The highest BCUT2D eigenvalue weighted by Crippen LogP contribution is 2.27. The summed E-state index contributed by atoms with van der Waals surface area (Å²) in [4.78, 5) is 12.3. The Morgan fingerprint density at radius 3 is 2.32 bits per heavy atom. The van der Waals surface area contributed by atoms with E-state index in [1.54, 1.807) is 6.92 Å². The van der Waals surface area contributed by atoms with Crippen LogP contribution in [0.5, 0.6) is 5.75 Å². The maximum atomic E-state index is 12.3. The van der Waals surface area contributed by atoms with Crippen LogP contribution in [-0.2, 0) is 4.79 Å². The number of hydrogen-bond donors (Lipinski definition) is 1. The van der Waals surface area contributed by atoms with Crippen molar-refractivity contribution in [1.82, 2.24) is 0 Å². The number of ether oxygens (including phenoxy) is 1. The Bertz CT molecular complexity index is 657. The number of hydrogen-bond acceptors (Lipinski definition) is 2. The molecule has 0 aliphatic rings. The number of carbonyl (C=O) groups is 1. The van der Waals surface area contributed by atoms with Gasteiger partial charge in [0.05, 0.1) is 10.7 Å². The van der Waals surface area contributed by atoms with Gasteiger partial charge in [0.15, 0.2) is 6.10 Å².